The van der Waals surface area contributed by atoms with Gasteiger partial charge < -0.3 is 15.8 Å². The lowest BCUT2D eigenvalue weighted by molar-refractivity contribution is -0.123. The van der Waals surface area contributed by atoms with Gasteiger partial charge in [0.2, 0.25) is 0 Å². The van der Waals surface area contributed by atoms with Crippen LogP contribution < -0.4 is 15.8 Å². The Morgan fingerprint density at radius 1 is 1.09 bits per heavy atom. The third-order valence-electron chi connectivity index (χ3n) is 3.16. The van der Waals surface area contributed by atoms with Crippen molar-refractivity contribution >= 4 is 11.8 Å². The van der Waals surface area contributed by atoms with Crippen LogP contribution in [0.1, 0.15) is 15.9 Å². The fraction of sp³-hybridized carbons (Fsp3) is 0.176. The first-order chi connectivity index (χ1) is 11.1. The highest BCUT2D eigenvalue weighted by Gasteiger charge is 2.10. The minimum atomic E-state index is -0.614. The van der Waals surface area contributed by atoms with E-state index >= 15 is 0 Å². The fourth-order valence-electron chi connectivity index (χ4n) is 1.99. The second-order valence-electron chi connectivity index (χ2n) is 4.88. The summed E-state index contributed by atoms with van der Waals surface area (Å²) in [5.41, 5.74) is 6.38. The van der Waals surface area contributed by atoms with E-state index in [1.54, 1.807) is 30.3 Å². The predicted octanol–water partition coefficient (Wildman–Crippen LogP) is 1.66. The van der Waals surface area contributed by atoms with Gasteiger partial charge in [-0.15, -0.1) is 0 Å². The van der Waals surface area contributed by atoms with Crippen molar-refractivity contribution in [2.75, 3.05) is 13.2 Å². The second-order valence-corrected chi connectivity index (χ2v) is 4.88. The fourth-order valence-corrected chi connectivity index (χ4v) is 1.99. The molecule has 0 aliphatic rings. The number of rotatable bonds is 7. The van der Waals surface area contributed by atoms with E-state index in [0.29, 0.717) is 13.0 Å². The number of halogens is 1. The van der Waals surface area contributed by atoms with Crippen molar-refractivity contribution in [2.45, 2.75) is 6.42 Å². The summed E-state index contributed by atoms with van der Waals surface area (Å²) >= 11 is 0. The van der Waals surface area contributed by atoms with E-state index in [4.69, 9.17) is 10.5 Å². The number of hydrogen-bond acceptors (Lipinski definition) is 3. The van der Waals surface area contributed by atoms with E-state index in [1.807, 2.05) is 0 Å². The quantitative estimate of drug-likeness (QED) is 0.815. The van der Waals surface area contributed by atoms with E-state index in [9.17, 15) is 14.0 Å². The molecule has 2 rings (SSSR count). The summed E-state index contributed by atoms with van der Waals surface area (Å²) in [4.78, 5) is 23.0. The van der Waals surface area contributed by atoms with Crippen LogP contribution in [0.4, 0.5) is 4.39 Å². The van der Waals surface area contributed by atoms with Gasteiger partial charge in [-0.3, -0.25) is 9.59 Å². The number of ether oxygens (including phenoxy) is 1. The normalized spacial score (nSPS) is 10.1. The number of hydrogen-bond donors (Lipinski definition) is 2. The smallest absolute Gasteiger partial charge is 0.257 e. The summed E-state index contributed by atoms with van der Waals surface area (Å²) in [5, 5.41) is 2.69. The lowest BCUT2D eigenvalue weighted by Crippen LogP contribution is -2.31. The van der Waals surface area contributed by atoms with Crippen LogP contribution in [0.15, 0.2) is 48.5 Å². The first kappa shape index (κ1) is 16.5. The van der Waals surface area contributed by atoms with Crippen LogP contribution in [-0.2, 0) is 11.2 Å². The molecule has 3 N–H and O–H groups in total. The van der Waals surface area contributed by atoms with Crippen LogP contribution in [0.3, 0.4) is 0 Å². The van der Waals surface area contributed by atoms with Crippen LogP contribution >= 0.6 is 0 Å². The highest BCUT2D eigenvalue weighted by Crippen LogP contribution is 2.16. The average Bonchev–Trinajstić information content (AvgIpc) is 2.55. The Labute approximate surface area is 133 Å². The summed E-state index contributed by atoms with van der Waals surface area (Å²) < 4.78 is 18.1. The third kappa shape index (κ3) is 5.10. The molecular formula is C17H17FN2O3. The third-order valence-corrected chi connectivity index (χ3v) is 3.16. The van der Waals surface area contributed by atoms with Crippen molar-refractivity contribution in [3.05, 3.63) is 65.5 Å². The van der Waals surface area contributed by atoms with Crippen LogP contribution in [0.5, 0.6) is 5.75 Å². The van der Waals surface area contributed by atoms with Crippen LogP contribution in [0.2, 0.25) is 0 Å². The largest absolute Gasteiger partial charge is 0.483 e. The van der Waals surface area contributed by atoms with Crippen molar-refractivity contribution in [2.24, 2.45) is 5.73 Å². The molecule has 0 atom stereocenters. The van der Waals surface area contributed by atoms with Gasteiger partial charge in [0, 0.05) is 6.54 Å². The van der Waals surface area contributed by atoms with Crippen molar-refractivity contribution in [3.8, 4) is 5.75 Å². The number of primary amides is 1. The number of nitrogens with two attached hydrogens (primary N) is 1. The molecule has 2 aromatic carbocycles. The van der Waals surface area contributed by atoms with Gasteiger partial charge >= 0.3 is 0 Å². The number of amides is 2. The summed E-state index contributed by atoms with van der Waals surface area (Å²) in [5.74, 6) is -0.948. The molecule has 0 saturated carbocycles. The van der Waals surface area contributed by atoms with Crippen LogP contribution in [0, 0.1) is 5.82 Å². The summed E-state index contributed by atoms with van der Waals surface area (Å²) in [7, 11) is 0. The van der Waals surface area contributed by atoms with Gasteiger partial charge in [0.05, 0.1) is 5.56 Å². The van der Waals surface area contributed by atoms with Crippen molar-refractivity contribution in [1.29, 1.82) is 0 Å². The number of benzene rings is 2. The topological polar surface area (TPSA) is 81.4 Å². The van der Waals surface area contributed by atoms with Gasteiger partial charge in [0.15, 0.2) is 6.61 Å². The number of carbonyl (C=O) groups is 2. The molecule has 6 heteroatoms. The molecule has 5 nitrogen and oxygen atoms in total. The predicted molar refractivity (Wildman–Crippen MR) is 83.6 cm³/mol. The van der Waals surface area contributed by atoms with Crippen LogP contribution in [0.25, 0.3) is 0 Å². The first-order valence-corrected chi connectivity index (χ1v) is 7.09. The standard InChI is InChI=1S/C17H17FN2O3/c18-13-7-5-12(6-8-13)9-10-20-16(21)11-23-15-4-2-1-3-14(15)17(19)22/h1-8H,9-11H2,(H2,19,22)(H,20,21). The lowest BCUT2D eigenvalue weighted by Gasteiger charge is -2.10. The zero-order valence-electron chi connectivity index (χ0n) is 12.4. The molecule has 0 bridgehead atoms. The molecular weight excluding hydrogens is 299 g/mol. The number of para-hydroxylation sites is 1. The minimum absolute atomic E-state index is 0.215. The Kier molecular flexibility index (Phi) is 5.68. The minimum Gasteiger partial charge on any atom is -0.483 e. The number of nitrogens with one attached hydrogen (secondary N) is 1. The van der Waals surface area contributed by atoms with E-state index in [-0.39, 0.29) is 29.6 Å². The molecule has 0 spiro atoms. The maximum atomic E-state index is 12.8. The summed E-state index contributed by atoms with van der Waals surface area (Å²) in [6, 6.07) is 12.5. The lowest BCUT2D eigenvalue weighted by atomic mass is 10.1. The second kappa shape index (κ2) is 7.93. The highest BCUT2D eigenvalue weighted by atomic mass is 19.1. The monoisotopic (exact) mass is 316 g/mol. The Hall–Kier alpha value is -2.89. The van der Waals surface area contributed by atoms with E-state index < -0.39 is 5.91 Å². The summed E-state index contributed by atoms with van der Waals surface area (Å²) in [6.45, 7) is 0.193. The zero-order valence-corrected chi connectivity index (χ0v) is 12.4. The van der Waals surface area contributed by atoms with E-state index in [2.05, 4.69) is 5.32 Å². The number of carbonyl (C=O) groups excluding carboxylic acids is 2. The zero-order chi connectivity index (χ0) is 16.7. The van der Waals surface area contributed by atoms with Crippen LogP contribution in [-0.4, -0.2) is 25.0 Å². The molecule has 2 aromatic rings. The molecule has 120 valence electrons. The molecule has 0 saturated heterocycles. The Morgan fingerprint density at radius 2 is 1.78 bits per heavy atom. The van der Waals surface area contributed by atoms with Crippen molar-refractivity contribution < 1.29 is 18.7 Å². The Balaban J connectivity index is 1.77. The van der Waals surface area contributed by atoms with E-state index in [1.165, 1.54) is 18.2 Å². The van der Waals surface area contributed by atoms with Gasteiger partial charge in [-0.25, -0.2) is 4.39 Å². The summed E-state index contributed by atoms with van der Waals surface area (Å²) in [6.07, 6.45) is 0.587. The van der Waals surface area contributed by atoms with Gasteiger partial charge in [-0.05, 0) is 36.2 Å². The van der Waals surface area contributed by atoms with Gasteiger partial charge in [0.25, 0.3) is 11.8 Å². The van der Waals surface area contributed by atoms with Crippen molar-refractivity contribution in [3.63, 3.8) is 0 Å². The van der Waals surface area contributed by atoms with Crippen molar-refractivity contribution in [1.82, 2.24) is 5.32 Å². The van der Waals surface area contributed by atoms with Gasteiger partial charge in [-0.2, -0.15) is 0 Å². The molecule has 0 unspecified atom stereocenters. The maximum absolute atomic E-state index is 12.8. The first-order valence-electron chi connectivity index (χ1n) is 7.09. The molecule has 0 aliphatic carbocycles. The molecule has 0 heterocycles. The average molecular weight is 316 g/mol. The van der Waals surface area contributed by atoms with Gasteiger partial charge in [0.1, 0.15) is 11.6 Å². The molecule has 0 aliphatic heterocycles. The van der Waals surface area contributed by atoms with Gasteiger partial charge in [-0.1, -0.05) is 24.3 Å². The SMILES string of the molecule is NC(=O)c1ccccc1OCC(=O)NCCc1ccc(F)cc1. The Bertz CT molecular complexity index is 686. The Morgan fingerprint density at radius 3 is 2.48 bits per heavy atom. The molecule has 2 amide bonds. The molecule has 23 heavy (non-hydrogen) atoms. The molecule has 0 radical (unpaired) electrons. The molecule has 0 aromatic heterocycles. The highest BCUT2D eigenvalue weighted by molar-refractivity contribution is 5.95. The maximum Gasteiger partial charge on any atom is 0.257 e. The van der Waals surface area contributed by atoms with E-state index in [0.717, 1.165) is 5.56 Å². The molecule has 0 fully saturated rings.